The van der Waals surface area contributed by atoms with E-state index in [0.717, 1.165) is 54.9 Å². The van der Waals surface area contributed by atoms with E-state index in [2.05, 4.69) is 4.90 Å². The van der Waals surface area contributed by atoms with Gasteiger partial charge in [0.25, 0.3) is 15.6 Å². The summed E-state index contributed by atoms with van der Waals surface area (Å²) in [5, 5.41) is 0.371. The van der Waals surface area contributed by atoms with Crippen molar-refractivity contribution in [2.75, 3.05) is 45.1 Å². The van der Waals surface area contributed by atoms with E-state index in [-0.39, 0.29) is 27.2 Å². The average molecular weight is 781 g/mol. The second-order valence-electron chi connectivity index (χ2n) is 15.6. The van der Waals surface area contributed by atoms with E-state index in [0.29, 0.717) is 53.8 Å². The second-order valence-corrected chi connectivity index (χ2v) is 19.7. The van der Waals surface area contributed by atoms with E-state index in [1.54, 1.807) is 61.5 Å². The van der Waals surface area contributed by atoms with Crippen LogP contribution in [0.3, 0.4) is 0 Å². The lowest BCUT2D eigenvalue weighted by molar-refractivity contribution is 0.0142. The van der Waals surface area contributed by atoms with Crippen LogP contribution in [0, 0.1) is 18.8 Å². The van der Waals surface area contributed by atoms with Crippen LogP contribution in [0.15, 0.2) is 75.5 Å². The highest BCUT2D eigenvalue weighted by molar-refractivity contribution is 7.91. The zero-order valence-corrected chi connectivity index (χ0v) is 33.7. The number of fused-ring (bicyclic) bond motifs is 1. The van der Waals surface area contributed by atoms with Crippen LogP contribution in [0.4, 0.5) is 4.79 Å². The van der Waals surface area contributed by atoms with Crippen LogP contribution >= 0.6 is 0 Å². The van der Waals surface area contributed by atoms with Crippen LogP contribution in [0.1, 0.15) is 58.9 Å². The number of pyridine rings is 1. The predicted molar refractivity (Wildman–Crippen MR) is 209 cm³/mol. The van der Waals surface area contributed by atoms with E-state index < -0.39 is 31.0 Å². The maximum Gasteiger partial charge on any atom is 0.410 e. The molecule has 1 aliphatic heterocycles. The highest BCUT2D eigenvalue weighted by Gasteiger charge is 2.33. The molecule has 2 aromatic heterocycles. The molecule has 4 aromatic rings. The zero-order chi connectivity index (χ0) is 39.0. The second kappa shape index (κ2) is 15.5. The molecule has 54 heavy (non-hydrogen) atoms. The molecular weight excluding hydrogens is 729 g/mol. The molecule has 0 radical (unpaired) electrons. The molecule has 1 amide bonds. The highest BCUT2D eigenvalue weighted by Crippen LogP contribution is 2.41. The van der Waals surface area contributed by atoms with E-state index >= 15 is 0 Å². The minimum absolute atomic E-state index is 0.0342. The molecule has 1 unspecified atom stereocenters. The summed E-state index contributed by atoms with van der Waals surface area (Å²) in [5.74, 6) is 1.20. The zero-order valence-electron chi connectivity index (χ0n) is 32.1. The summed E-state index contributed by atoms with van der Waals surface area (Å²) in [6, 6.07) is 12.8. The number of piperazine rings is 1. The molecule has 1 atom stereocenters. The lowest BCUT2D eigenvalue weighted by atomic mass is 9.98. The Morgan fingerprint density at radius 1 is 0.926 bits per heavy atom. The third kappa shape index (κ3) is 8.71. The lowest BCUT2D eigenvalue weighted by Crippen LogP contribution is -2.50. The molecule has 0 bridgehead atoms. The van der Waals surface area contributed by atoms with E-state index in [1.807, 2.05) is 27.7 Å². The molecule has 2 fully saturated rings. The monoisotopic (exact) mass is 780 g/mol. The van der Waals surface area contributed by atoms with Gasteiger partial charge >= 0.3 is 6.09 Å². The van der Waals surface area contributed by atoms with Crippen molar-refractivity contribution < 1.29 is 31.1 Å². The van der Waals surface area contributed by atoms with Gasteiger partial charge in [-0.3, -0.25) is 9.69 Å². The Balaban J connectivity index is 1.24. The smallest absolute Gasteiger partial charge is 0.410 e. The number of carbonyl (C=O) groups excluding carboxylic acids is 1. The summed E-state index contributed by atoms with van der Waals surface area (Å²) in [4.78, 5) is 30.4. The molecule has 6 rings (SSSR count). The number of nitrogens with zero attached hydrogens (tertiary/aromatic N) is 4. The molecular formula is C40H52N4O8S2. The SMILES string of the molecule is CCS(=O)(=O)c1ccc(OCC(CCCN2CCN(C(=O)OC(C)(C)C)CC2)C2CC2)c(-c2cn(C)c(=O)c3c2ccn3S(=O)(=O)c2ccc(C)cc2)c1. The summed E-state index contributed by atoms with van der Waals surface area (Å²) in [6.45, 7) is 13.3. The van der Waals surface area contributed by atoms with Gasteiger partial charge in [0.1, 0.15) is 16.9 Å². The number of hydrogen-bond acceptors (Lipinski definition) is 9. The van der Waals surface area contributed by atoms with Crippen LogP contribution in [0.25, 0.3) is 22.0 Å². The molecule has 0 N–H and O–H groups in total. The minimum atomic E-state index is -4.13. The predicted octanol–water partition coefficient (Wildman–Crippen LogP) is 6.08. The number of sulfone groups is 1. The van der Waals surface area contributed by atoms with Gasteiger partial charge in [-0.1, -0.05) is 24.6 Å². The molecule has 14 heteroatoms. The number of hydrogen-bond donors (Lipinski definition) is 0. The summed E-state index contributed by atoms with van der Waals surface area (Å²) >= 11 is 0. The Hall–Kier alpha value is -4.14. The largest absolute Gasteiger partial charge is 0.493 e. The highest BCUT2D eigenvalue weighted by atomic mass is 32.2. The Bertz CT molecular complexity index is 2280. The molecule has 1 saturated carbocycles. The number of rotatable bonds is 13. The molecule has 3 heterocycles. The Labute approximate surface area is 318 Å². The summed E-state index contributed by atoms with van der Waals surface area (Å²) in [6.07, 6.45) is 6.91. The average Bonchev–Trinajstić information content (AvgIpc) is 3.87. The van der Waals surface area contributed by atoms with Crippen molar-refractivity contribution in [2.24, 2.45) is 18.9 Å². The van der Waals surface area contributed by atoms with Gasteiger partial charge in [-0.05, 0) is 108 Å². The fourth-order valence-corrected chi connectivity index (χ4v) is 9.30. The summed E-state index contributed by atoms with van der Waals surface area (Å²) < 4.78 is 68.3. The Morgan fingerprint density at radius 2 is 1.59 bits per heavy atom. The van der Waals surface area contributed by atoms with E-state index in [9.17, 15) is 26.4 Å². The molecule has 12 nitrogen and oxygen atoms in total. The van der Waals surface area contributed by atoms with Gasteiger partial charge in [0.05, 0.1) is 22.2 Å². The van der Waals surface area contributed by atoms with Gasteiger partial charge in [-0.2, -0.15) is 0 Å². The third-order valence-electron chi connectivity index (χ3n) is 10.4. The number of carbonyl (C=O) groups is 1. The van der Waals surface area contributed by atoms with Crippen molar-refractivity contribution in [3.05, 3.63) is 76.8 Å². The van der Waals surface area contributed by atoms with Crippen molar-refractivity contribution in [1.82, 2.24) is 18.3 Å². The van der Waals surface area contributed by atoms with Crippen LogP contribution in [0.2, 0.25) is 0 Å². The molecule has 1 aliphatic carbocycles. The van der Waals surface area contributed by atoms with Crippen molar-refractivity contribution in [1.29, 1.82) is 0 Å². The van der Waals surface area contributed by atoms with Crippen LogP contribution in [-0.2, 0) is 31.6 Å². The van der Waals surface area contributed by atoms with Crippen molar-refractivity contribution in [2.45, 2.75) is 75.7 Å². The van der Waals surface area contributed by atoms with Crippen LogP contribution in [0.5, 0.6) is 5.75 Å². The van der Waals surface area contributed by atoms with Gasteiger partial charge in [0.2, 0.25) is 0 Å². The number of benzene rings is 2. The first-order valence-corrected chi connectivity index (χ1v) is 21.8. The fraction of sp³-hybridized carbons (Fsp3) is 0.500. The Morgan fingerprint density at radius 3 is 2.22 bits per heavy atom. The van der Waals surface area contributed by atoms with Gasteiger partial charge in [-0.25, -0.2) is 25.6 Å². The van der Waals surface area contributed by atoms with Crippen LogP contribution in [-0.4, -0.2) is 92.0 Å². The summed E-state index contributed by atoms with van der Waals surface area (Å²) in [7, 11) is -6.18. The molecule has 1 saturated heterocycles. The van der Waals surface area contributed by atoms with Crippen LogP contribution < -0.4 is 10.3 Å². The first kappa shape index (κ1) is 39.6. The molecule has 2 aromatic carbocycles. The molecule has 292 valence electrons. The van der Waals surface area contributed by atoms with E-state index in [1.165, 1.54) is 22.9 Å². The first-order valence-electron chi connectivity index (χ1n) is 18.7. The molecule has 2 aliphatic rings. The number of aryl methyl sites for hydroxylation is 2. The first-order chi connectivity index (χ1) is 25.5. The summed E-state index contributed by atoms with van der Waals surface area (Å²) in [5.41, 5.74) is 0.794. The van der Waals surface area contributed by atoms with Crippen molar-refractivity contribution in [3.8, 4) is 16.9 Å². The quantitative estimate of drug-likeness (QED) is 0.158. The minimum Gasteiger partial charge on any atom is -0.493 e. The van der Waals surface area contributed by atoms with Gasteiger partial charge in [-0.15, -0.1) is 0 Å². The normalized spacial score (nSPS) is 16.4. The number of amides is 1. The number of aromatic nitrogens is 2. The van der Waals surface area contributed by atoms with Gasteiger partial charge in [0, 0.05) is 62.1 Å². The topological polar surface area (TPSA) is 137 Å². The Kier molecular flexibility index (Phi) is 11.4. The maximum absolute atomic E-state index is 13.8. The van der Waals surface area contributed by atoms with Gasteiger partial charge in [0.15, 0.2) is 9.84 Å². The molecule has 0 spiro atoms. The maximum atomic E-state index is 13.8. The van der Waals surface area contributed by atoms with Gasteiger partial charge < -0.3 is 18.9 Å². The van der Waals surface area contributed by atoms with Crippen molar-refractivity contribution in [3.63, 3.8) is 0 Å². The lowest BCUT2D eigenvalue weighted by Gasteiger charge is -2.35. The van der Waals surface area contributed by atoms with E-state index in [4.69, 9.17) is 9.47 Å². The van der Waals surface area contributed by atoms with Crippen molar-refractivity contribution >= 4 is 36.9 Å². The standard InChI is InChI=1S/C40H52N4O8S2/c1-7-53(47,48)32-16-17-36(51-27-30(29-12-13-29)9-8-19-42-21-23-43(24-22-42)39(46)52-40(3,4)5)34(25-32)35-26-41(6)38(45)37-33(35)18-20-44(37)54(49,50)31-14-10-28(2)11-15-31/h10-11,14-18,20,25-26,29-30H,7-9,12-13,19,21-24,27H2,1-6H3. The fourth-order valence-electron chi connectivity index (χ4n) is 7.05. The number of ether oxygens (including phenoxy) is 2. The third-order valence-corrected chi connectivity index (χ3v) is 13.8.